The molecule has 0 bridgehead atoms. The van der Waals surface area contributed by atoms with Gasteiger partial charge in [-0.15, -0.1) is 0 Å². The van der Waals surface area contributed by atoms with Crippen LogP contribution in [0.15, 0.2) is 18.3 Å². The molecule has 2 N–H and O–H groups in total. The summed E-state index contributed by atoms with van der Waals surface area (Å²) in [5.41, 5.74) is 0.195. The maximum Gasteiger partial charge on any atom is 0.407 e. The number of carboxylic acid groups (broad SMARTS) is 1. The highest BCUT2D eigenvalue weighted by molar-refractivity contribution is 6.37. The highest BCUT2D eigenvalue weighted by Crippen LogP contribution is 2.41. The van der Waals surface area contributed by atoms with Gasteiger partial charge in [-0.05, 0) is 6.07 Å². The minimum atomic E-state index is -0.972. The molecule has 1 saturated heterocycles. The van der Waals surface area contributed by atoms with Gasteiger partial charge in [0.05, 0.1) is 9.95 Å². The predicted molar refractivity (Wildman–Crippen MR) is 86.9 cm³/mol. The molecule has 0 unspecified atom stereocenters. The summed E-state index contributed by atoms with van der Waals surface area (Å²) in [5, 5.41) is 30.6. The van der Waals surface area contributed by atoms with Crippen LogP contribution in [0.4, 0.5) is 16.2 Å². The van der Waals surface area contributed by atoms with Gasteiger partial charge in [0.15, 0.2) is 0 Å². The monoisotopic (exact) mass is 352 g/mol. The summed E-state index contributed by atoms with van der Waals surface area (Å²) in [5.74, 6) is -0.537. The third-order valence-corrected chi connectivity index (χ3v) is 4.28. The number of aromatic hydroxyl groups is 1. The molecule has 0 saturated carbocycles. The second kappa shape index (κ2) is 6.00. The molecule has 3 rings (SSSR count). The molecule has 126 valence electrons. The Morgan fingerprint density at radius 1 is 1.33 bits per heavy atom. The number of hydrogen-bond donors (Lipinski definition) is 2. The number of fused-ring (bicyclic) bond motifs is 1. The number of nitro benzene ring substituents is 1. The van der Waals surface area contributed by atoms with Gasteiger partial charge in [0, 0.05) is 49.5 Å². The van der Waals surface area contributed by atoms with Crippen LogP contribution in [-0.2, 0) is 0 Å². The molecule has 2 aromatic rings. The Morgan fingerprint density at radius 3 is 2.58 bits per heavy atom. The Balaban J connectivity index is 2.06. The lowest BCUT2D eigenvalue weighted by molar-refractivity contribution is -0.385. The number of carbonyl (C=O) groups is 1. The first-order valence-corrected chi connectivity index (χ1v) is 7.45. The van der Waals surface area contributed by atoms with Gasteiger partial charge in [-0.1, -0.05) is 11.6 Å². The first kappa shape index (κ1) is 16.1. The predicted octanol–water partition coefficient (Wildman–Crippen LogP) is 2.30. The van der Waals surface area contributed by atoms with Crippen molar-refractivity contribution in [3.8, 4) is 5.75 Å². The van der Waals surface area contributed by atoms with Gasteiger partial charge in [0.2, 0.25) is 5.75 Å². The molecule has 1 amide bonds. The summed E-state index contributed by atoms with van der Waals surface area (Å²) in [6.07, 6.45) is 0.460. The van der Waals surface area contributed by atoms with Crippen molar-refractivity contribution in [2.45, 2.75) is 0 Å². The molecule has 1 aromatic carbocycles. The first-order valence-electron chi connectivity index (χ1n) is 7.07. The summed E-state index contributed by atoms with van der Waals surface area (Å²) in [4.78, 5) is 28.5. The van der Waals surface area contributed by atoms with Crippen LogP contribution in [0, 0.1) is 10.1 Å². The van der Waals surface area contributed by atoms with Gasteiger partial charge < -0.3 is 20.0 Å². The average Bonchev–Trinajstić information content (AvgIpc) is 2.57. The summed E-state index contributed by atoms with van der Waals surface area (Å²) in [7, 11) is 0. The van der Waals surface area contributed by atoms with E-state index in [0.717, 1.165) is 6.07 Å². The van der Waals surface area contributed by atoms with Crippen molar-refractivity contribution in [3.63, 3.8) is 0 Å². The van der Waals surface area contributed by atoms with Crippen molar-refractivity contribution in [3.05, 3.63) is 33.5 Å². The molecular weight excluding hydrogens is 340 g/mol. The van der Waals surface area contributed by atoms with Gasteiger partial charge in [0.25, 0.3) is 0 Å². The quantitative estimate of drug-likeness (QED) is 0.628. The summed E-state index contributed by atoms with van der Waals surface area (Å²) in [6, 6.07) is 2.79. The van der Waals surface area contributed by atoms with Crippen LogP contribution in [0.3, 0.4) is 0 Å². The van der Waals surface area contributed by atoms with E-state index >= 15 is 0 Å². The number of halogens is 1. The Hall–Kier alpha value is -2.81. The standard InChI is InChI=1S/C14H13ClN4O5/c15-8-7-10(19(23)24)13(20)12-11(8)9(1-2-16-12)17-3-5-18(6-4-17)14(21)22/h1-2,7,20H,3-6H2,(H,21,22). The van der Waals surface area contributed by atoms with E-state index < -0.39 is 22.5 Å². The van der Waals surface area contributed by atoms with Crippen LogP contribution in [0.1, 0.15) is 0 Å². The number of piperazine rings is 1. The SMILES string of the molecule is O=C(O)N1CCN(c2ccnc3c(O)c([N+](=O)[O-])cc(Cl)c23)CC1. The van der Waals surface area contributed by atoms with Gasteiger partial charge in [-0.25, -0.2) is 4.79 Å². The minimum Gasteiger partial charge on any atom is -0.501 e. The van der Waals surface area contributed by atoms with Crippen LogP contribution < -0.4 is 4.90 Å². The van der Waals surface area contributed by atoms with E-state index in [0.29, 0.717) is 37.3 Å². The Kier molecular flexibility index (Phi) is 4.02. The molecule has 10 heteroatoms. The lowest BCUT2D eigenvalue weighted by atomic mass is 10.1. The molecule has 2 heterocycles. The Labute approximate surface area is 140 Å². The normalized spacial score (nSPS) is 14.9. The van der Waals surface area contributed by atoms with Crippen molar-refractivity contribution in [1.29, 1.82) is 0 Å². The van der Waals surface area contributed by atoms with E-state index in [1.165, 1.54) is 11.1 Å². The summed E-state index contributed by atoms with van der Waals surface area (Å²) < 4.78 is 0. The molecule has 1 aliphatic rings. The largest absolute Gasteiger partial charge is 0.501 e. The maximum atomic E-state index is 11.0. The lowest BCUT2D eigenvalue weighted by Gasteiger charge is -2.35. The zero-order valence-corrected chi connectivity index (χ0v) is 13.1. The topological polar surface area (TPSA) is 120 Å². The number of anilines is 1. The van der Waals surface area contributed by atoms with Crippen LogP contribution in [0.2, 0.25) is 5.02 Å². The molecule has 9 nitrogen and oxygen atoms in total. The van der Waals surface area contributed by atoms with Gasteiger partial charge in [0.1, 0.15) is 5.52 Å². The number of amides is 1. The number of pyridine rings is 1. The van der Waals surface area contributed by atoms with E-state index in [2.05, 4.69) is 4.98 Å². The molecule has 0 spiro atoms. The Morgan fingerprint density at radius 2 is 2.00 bits per heavy atom. The van der Waals surface area contributed by atoms with E-state index in [1.54, 1.807) is 6.07 Å². The zero-order chi connectivity index (χ0) is 17.4. The first-order chi connectivity index (χ1) is 11.4. The number of aromatic nitrogens is 1. The van der Waals surface area contributed by atoms with Crippen LogP contribution in [0.5, 0.6) is 5.75 Å². The van der Waals surface area contributed by atoms with E-state index in [4.69, 9.17) is 16.7 Å². The second-order valence-corrected chi connectivity index (χ2v) is 5.70. The molecule has 0 aliphatic carbocycles. The van der Waals surface area contributed by atoms with Gasteiger partial charge >= 0.3 is 11.8 Å². The fourth-order valence-electron chi connectivity index (χ4n) is 2.79. The third-order valence-electron chi connectivity index (χ3n) is 3.99. The van der Waals surface area contributed by atoms with Gasteiger partial charge in [-0.3, -0.25) is 15.1 Å². The number of phenols is 1. The van der Waals surface area contributed by atoms with E-state index in [9.17, 15) is 20.0 Å². The van der Waals surface area contributed by atoms with Crippen molar-refractivity contribution in [1.82, 2.24) is 9.88 Å². The molecule has 1 fully saturated rings. The fraction of sp³-hybridized carbons (Fsp3) is 0.286. The van der Waals surface area contributed by atoms with Crippen LogP contribution >= 0.6 is 11.6 Å². The molecule has 24 heavy (non-hydrogen) atoms. The highest BCUT2D eigenvalue weighted by atomic mass is 35.5. The number of rotatable bonds is 2. The summed E-state index contributed by atoms with van der Waals surface area (Å²) >= 11 is 6.19. The lowest BCUT2D eigenvalue weighted by Crippen LogP contribution is -2.48. The van der Waals surface area contributed by atoms with Crippen molar-refractivity contribution in [2.24, 2.45) is 0 Å². The maximum absolute atomic E-state index is 11.0. The zero-order valence-electron chi connectivity index (χ0n) is 12.3. The third kappa shape index (κ3) is 2.62. The van der Waals surface area contributed by atoms with Gasteiger partial charge in [-0.2, -0.15) is 0 Å². The van der Waals surface area contributed by atoms with Crippen molar-refractivity contribution >= 4 is 40.0 Å². The second-order valence-electron chi connectivity index (χ2n) is 5.29. The number of hydrogen-bond acceptors (Lipinski definition) is 6. The van der Waals surface area contributed by atoms with Crippen molar-refractivity contribution < 1.29 is 19.9 Å². The fourth-order valence-corrected chi connectivity index (χ4v) is 3.08. The molecule has 1 aromatic heterocycles. The molecule has 1 aliphatic heterocycles. The number of phenolic OH excluding ortho intramolecular Hbond substituents is 1. The van der Waals surface area contributed by atoms with Crippen LogP contribution in [0.25, 0.3) is 10.9 Å². The Bertz CT molecular complexity index is 836. The molecule has 0 atom stereocenters. The van der Waals surface area contributed by atoms with E-state index in [1.807, 2.05) is 4.90 Å². The average molecular weight is 353 g/mol. The number of nitro groups is 1. The van der Waals surface area contributed by atoms with Crippen LogP contribution in [-0.4, -0.2) is 57.3 Å². The van der Waals surface area contributed by atoms with E-state index in [-0.39, 0.29) is 10.5 Å². The smallest absolute Gasteiger partial charge is 0.407 e. The molecular formula is C14H13ClN4O5. The van der Waals surface area contributed by atoms with Crippen molar-refractivity contribution in [2.75, 3.05) is 31.1 Å². The molecule has 0 radical (unpaired) electrons. The number of nitrogens with zero attached hydrogens (tertiary/aromatic N) is 4. The minimum absolute atomic E-state index is 0.0485. The summed E-state index contributed by atoms with van der Waals surface area (Å²) in [6.45, 7) is 1.55. The number of benzene rings is 1. The highest BCUT2D eigenvalue weighted by Gasteiger charge is 2.26.